The highest BCUT2D eigenvalue weighted by Crippen LogP contribution is 2.15. The lowest BCUT2D eigenvalue weighted by molar-refractivity contribution is -0.138. The molecule has 2 rings (SSSR count). The van der Waals surface area contributed by atoms with Gasteiger partial charge in [-0.05, 0) is 11.6 Å². The number of fused-ring (bicyclic) bond motifs is 1. The lowest BCUT2D eigenvalue weighted by Crippen LogP contribution is -2.32. The zero-order valence-electron chi connectivity index (χ0n) is 7.97. The minimum absolute atomic E-state index is 0.289. The number of aliphatic carboxylic acids is 1. The molecule has 15 heavy (non-hydrogen) atoms. The van der Waals surface area contributed by atoms with Gasteiger partial charge in [0.15, 0.2) is 0 Å². The molecule has 1 aromatic carbocycles. The molecule has 1 unspecified atom stereocenters. The van der Waals surface area contributed by atoms with Crippen molar-refractivity contribution >= 4 is 17.0 Å². The fourth-order valence-electron chi connectivity index (χ4n) is 1.52. The summed E-state index contributed by atoms with van der Waals surface area (Å²) in [5, 5.41) is 8.71. The van der Waals surface area contributed by atoms with Gasteiger partial charge in [0.2, 0.25) is 0 Å². The number of imidazole rings is 1. The van der Waals surface area contributed by atoms with Gasteiger partial charge in [-0.15, -0.1) is 0 Å². The number of benzene rings is 1. The van der Waals surface area contributed by atoms with Gasteiger partial charge >= 0.3 is 5.97 Å². The number of nitrogens with two attached hydrogens (primary N) is 1. The summed E-state index contributed by atoms with van der Waals surface area (Å²) < 4.78 is 0. The third-order valence-corrected chi connectivity index (χ3v) is 2.29. The minimum atomic E-state index is -0.998. The molecule has 0 spiro atoms. The van der Waals surface area contributed by atoms with Gasteiger partial charge in [0, 0.05) is 6.42 Å². The Labute approximate surface area is 85.9 Å². The van der Waals surface area contributed by atoms with Crippen LogP contribution in [0.5, 0.6) is 0 Å². The minimum Gasteiger partial charge on any atom is -0.480 e. The first kappa shape index (κ1) is 9.67. The van der Waals surface area contributed by atoms with Crippen molar-refractivity contribution < 1.29 is 9.90 Å². The molecule has 0 amide bonds. The molecule has 0 saturated carbocycles. The molecule has 5 nitrogen and oxygen atoms in total. The average Bonchev–Trinajstić information content (AvgIpc) is 2.66. The smallest absolute Gasteiger partial charge is 0.320 e. The number of H-pyrrole nitrogens is 1. The van der Waals surface area contributed by atoms with Gasteiger partial charge in [-0.1, -0.05) is 12.1 Å². The lowest BCUT2D eigenvalue weighted by atomic mass is 10.1. The maximum atomic E-state index is 10.6. The van der Waals surface area contributed by atoms with Crippen LogP contribution >= 0.6 is 0 Å². The van der Waals surface area contributed by atoms with Crippen molar-refractivity contribution in [2.24, 2.45) is 5.73 Å². The van der Waals surface area contributed by atoms with Crippen molar-refractivity contribution in [1.82, 2.24) is 9.97 Å². The number of carboxylic acids is 1. The maximum absolute atomic E-state index is 10.6. The second-order valence-electron chi connectivity index (χ2n) is 3.36. The van der Waals surface area contributed by atoms with Crippen molar-refractivity contribution in [3.05, 3.63) is 30.1 Å². The molecule has 1 heterocycles. The zero-order valence-corrected chi connectivity index (χ0v) is 7.97. The van der Waals surface area contributed by atoms with Crippen LogP contribution in [0.4, 0.5) is 0 Å². The molecule has 4 N–H and O–H groups in total. The third kappa shape index (κ3) is 1.82. The molecular weight excluding hydrogens is 194 g/mol. The lowest BCUT2D eigenvalue weighted by Gasteiger charge is -2.06. The number of nitrogens with one attached hydrogen (secondary N) is 1. The van der Waals surface area contributed by atoms with Crippen molar-refractivity contribution in [1.29, 1.82) is 0 Å². The largest absolute Gasteiger partial charge is 0.480 e. The third-order valence-electron chi connectivity index (χ3n) is 2.29. The predicted molar refractivity (Wildman–Crippen MR) is 55.4 cm³/mol. The highest BCUT2D eigenvalue weighted by molar-refractivity contribution is 5.80. The van der Waals surface area contributed by atoms with E-state index in [9.17, 15) is 4.79 Å². The Morgan fingerprint density at radius 3 is 3.13 bits per heavy atom. The van der Waals surface area contributed by atoms with E-state index in [1.54, 1.807) is 6.33 Å². The first-order valence-corrected chi connectivity index (χ1v) is 4.58. The Kier molecular flexibility index (Phi) is 2.39. The molecule has 0 saturated heterocycles. The second-order valence-corrected chi connectivity index (χ2v) is 3.36. The van der Waals surface area contributed by atoms with E-state index in [1.807, 2.05) is 18.2 Å². The van der Waals surface area contributed by atoms with Crippen LogP contribution in [0.3, 0.4) is 0 Å². The van der Waals surface area contributed by atoms with Gasteiger partial charge < -0.3 is 15.8 Å². The van der Waals surface area contributed by atoms with E-state index < -0.39 is 12.0 Å². The van der Waals surface area contributed by atoms with Gasteiger partial charge in [0.1, 0.15) is 6.04 Å². The van der Waals surface area contributed by atoms with E-state index in [1.165, 1.54) is 0 Å². The molecule has 0 bridgehead atoms. The molecular formula is C10H11N3O2. The van der Waals surface area contributed by atoms with Crippen LogP contribution in [0.15, 0.2) is 24.5 Å². The Bertz CT molecular complexity index is 492. The summed E-state index contributed by atoms with van der Waals surface area (Å²) in [6.45, 7) is 0. The van der Waals surface area contributed by atoms with Crippen LogP contribution in [0.2, 0.25) is 0 Å². The number of aromatic nitrogens is 2. The maximum Gasteiger partial charge on any atom is 0.320 e. The Balaban J connectivity index is 2.35. The van der Waals surface area contributed by atoms with Gasteiger partial charge in [0.25, 0.3) is 0 Å². The van der Waals surface area contributed by atoms with Gasteiger partial charge in [-0.3, -0.25) is 4.79 Å². The van der Waals surface area contributed by atoms with Crippen LogP contribution in [0, 0.1) is 0 Å². The summed E-state index contributed by atoms with van der Waals surface area (Å²) in [6.07, 6.45) is 1.87. The van der Waals surface area contributed by atoms with Gasteiger partial charge in [0.05, 0.1) is 17.4 Å². The fraction of sp³-hybridized carbons (Fsp3) is 0.200. The monoisotopic (exact) mass is 205 g/mol. The Hall–Kier alpha value is -1.88. The SMILES string of the molecule is NC(Cc1cccc2[nH]cnc12)C(=O)O. The van der Waals surface area contributed by atoms with Crippen LogP contribution in [-0.4, -0.2) is 27.1 Å². The summed E-state index contributed by atoms with van der Waals surface area (Å²) in [5.74, 6) is -0.998. The topological polar surface area (TPSA) is 92.0 Å². The number of hydrogen-bond acceptors (Lipinski definition) is 3. The summed E-state index contributed by atoms with van der Waals surface area (Å²) in [7, 11) is 0. The molecule has 1 aromatic heterocycles. The van der Waals surface area contributed by atoms with Crippen LogP contribution in [0.25, 0.3) is 11.0 Å². The standard InChI is InChI=1S/C10H11N3O2/c11-7(10(14)15)4-6-2-1-3-8-9(6)13-5-12-8/h1-3,5,7H,4,11H2,(H,12,13)(H,14,15). The first-order chi connectivity index (χ1) is 7.18. The number of carbonyl (C=O) groups is 1. The summed E-state index contributed by atoms with van der Waals surface area (Å²) in [5.41, 5.74) is 8.00. The average molecular weight is 205 g/mol. The quantitative estimate of drug-likeness (QED) is 0.681. The highest BCUT2D eigenvalue weighted by atomic mass is 16.4. The van der Waals surface area contributed by atoms with Crippen molar-refractivity contribution in [3.63, 3.8) is 0 Å². The first-order valence-electron chi connectivity index (χ1n) is 4.58. The molecule has 0 aliphatic rings. The molecule has 78 valence electrons. The number of hydrogen-bond donors (Lipinski definition) is 3. The van der Waals surface area contributed by atoms with E-state index >= 15 is 0 Å². The van der Waals surface area contributed by atoms with E-state index in [0.717, 1.165) is 16.6 Å². The number of aromatic amines is 1. The molecule has 2 aromatic rings. The van der Waals surface area contributed by atoms with Crippen LogP contribution in [-0.2, 0) is 11.2 Å². The van der Waals surface area contributed by atoms with Crippen molar-refractivity contribution in [2.45, 2.75) is 12.5 Å². The van der Waals surface area contributed by atoms with E-state index in [2.05, 4.69) is 9.97 Å². The Morgan fingerprint density at radius 2 is 2.40 bits per heavy atom. The summed E-state index contributed by atoms with van der Waals surface area (Å²) >= 11 is 0. The molecule has 0 radical (unpaired) electrons. The molecule has 1 atom stereocenters. The number of rotatable bonds is 3. The number of nitrogens with zero attached hydrogens (tertiary/aromatic N) is 1. The van der Waals surface area contributed by atoms with Crippen molar-refractivity contribution in [2.75, 3.05) is 0 Å². The summed E-state index contributed by atoms with van der Waals surface area (Å²) in [4.78, 5) is 17.7. The molecule has 0 aliphatic heterocycles. The Morgan fingerprint density at radius 1 is 1.60 bits per heavy atom. The molecule has 0 fully saturated rings. The van der Waals surface area contributed by atoms with Crippen LogP contribution < -0.4 is 5.73 Å². The van der Waals surface area contributed by atoms with Crippen molar-refractivity contribution in [3.8, 4) is 0 Å². The van der Waals surface area contributed by atoms with Gasteiger partial charge in [-0.2, -0.15) is 0 Å². The molecule has 0 aliphatic carbocycles. The zero-order chi connectivity index (χ0) is 10.8. The normalized spacial score (nSPS) is 12.9. The predicted octanol–water partition coefficient (Wildman–Crippen LogP) is 0.517. The van der Waals surface area contributed by atoms with Gasteiger partial charge in [-0.25, -0.2) is 4.98 Å². The van der Waals surface area contributed by atoms with E-state index in [-0.39, 0.29) is 6.42 Å². The van der Waals surface area contributed by atoms with E-state index in [0.29, 0.717) is 0 Å². The summed E-state index contributed by atoms with van der Waals surface area (Å²) in [6, 6.07) is 4.70. The van der Waals surface area contributed by atoms with Crippen LogP contribution in [0.1, 0.15) is 5.56 Å². The number of carboxylic acid groups (broad SMARTS) is 1. The number of para-hydroxylation sites is 1. The second kappa shape index (κ2) is 3.70. The molecule has 5 heteroatoms. The van der Waals surface area contributed by atoms with E-state index in [4.69, 9.17) is 10.8 Å². The highest BCUT2D eigenvalue weighted by Gasteiger charge is 2.14. The fourth-order valence-corrected chi connectivity index (χ4v) is 1.52.